The van der Waals surface area contributed by atoms with Crippen LogP contribution >= 0.6 is 23.2 Å². The van der Waals surface area contributed by atoms with E-state index >= 15 is 0 Å². The van der Waals surface area contributed by atoms with Gasteiger partial charge in [0.2, 0.25) is 0 Å². The maximum absolute atomic E-state index is 11.4. The van der Waals surface area contributed by atoms with Crippen LogP contribution in [0.4, 0.5) is 0 Å². The average molecular weight is 593 g/mol. The zero-order valence-corrected chi connectivity index (χ0v) is 23.3. The number of benzene rings is 4. The van der Waals surface area contributed by atoms with E-state index in [-0.39, 0.29) is 29.0 Å². The summed E-state index contributed by atoms with van der Waals surface area (Å²) in [5.41, 5.74) is 6.23. The number of carbonyl (C=O) groups is 1. The lowest BCUT2D eigenvalue weighted by atomic mass is 9.99. The highest BCUT2D eigenvalue weighted by molar-refractivity contribution is 6.34. The molecule has 0 bridgehead atoms. The molecule has 210 valence electrons. The van der Waals surface area contributed by atoms with E-state index in [1.807, 2.05) is 42.5 Å². The van der Waals surface area contributed by atoms with Crippen LogP contribution in [0.5, 0.6) is 11.8 Å². The Hall–Kier alpha value is -3.92. The number of carboxylic acid groups (broad SMARTS) is 1. The second kappa shape index (κ2) is 13.2. The molecule has 0 aliphatic carbocycles. The van der Waals surface area contributed by atoms with Crippen LogP contribution in [-0.4, -0.2) is 52.6 Å². The largest absolute Gasteiger partial charge is 0.478 e. The molecule has 0 aliphatic heterocycles. The summed E-state index contributed by atoms with van der Waals surface area (Å²) in [6, 6.07) is 24.5. The lowest BCUT2D eigenvalue weighted by Crippen LogP contribution is -2.07. The van der Waals surface area contributed by atoms with Gasteiger partial charge in [-0.3, -0.25) is 0 Å². The fourth-order valence-electron chi connectivity index (χ4n) is 4.23. The number of hydrogen-bond acceptors (Lipinski definition) is 6. The monoisotopic (exact) mass is 592 g/mol. The Labute approximate surface area is 246 Å². The molecular weight excluding hydrogens is 567 g/mol. The standard InChI is InChI=1S/C31H26Cl2N2O6/c32-26-10-9-23(15-25(26)30(37)38)41-31-34-28-16-24(27(33)17-29(28)35-31)22-7-5-21(6-8-22)20-3-1-19(2-4-20)18-40-14-13-39-12-11-36/h1-10,15-17,36H,11-14,18H2,(H,34,35)(H,37,38). The number of fused-ring (bicyclic) bond motifs is 1. The van der Waals surface area contributed by atoms with Gasteiger partial charge in [-0.25, -0.2) is 4.79 Å². The van der Waals surface area contributed by atoms with E-state index in [9.17, 15) is 9.90 Å². The third kappa shape index (κ3) is 7.05. The molecule has 0 spiro atoms. The third-order valence-corrected chi connectivity index (χ3v) is 6.93. The van der Waals surface area contributed by atoms with Crippen molar-refractivity contribution in [3.8, 4) is 34.0 Å². The smallest absolute Gasteiger partial charge is 0.337 e. The number of rotatable bonds is 12. The zero-order valence-electron chi connectivity index (χ0n) is 21.8. The topological polar surface area (TPSA) is 114 Å². The maximum atomic E-state index is 11.4. The minimum atomic E-state index is -1.15. The molecular formula is C31H26Cl2N2O6. The first-order chi connectivity index (χ1) is 19.9. The Balaban J connectivity index is 1.27. The van der Waals surface area contributed by atoms with Crippen molar-refractivity contribution in [1.82, 2.24) is 9.97 Å². The van der Waals surface area contributed by atoms with Crippen LogP contribution in [0.3, 0.4) is 0 Å². The van der Waals surface area contributed by atoms with Gasteiger partial charge in [0.15, 0.2) is 0 Å². The SMILES string of the molecule is O=C(O)c1cc(Oc2nc3cc(-c4ccc(-c5ccc(COCCOCCO)cc5)cc4)c(Cl)cc3[nH]2)ccc1Cl. The van der Waals surface area contributed by atoms with Gasteiger partial charge in [0, 0.05) is 5.56 Å². The highest BCUT2D eigenvalue weighted by atomic mass is 35.5. The Morgan fingerprint density at radius 2 is 1.49 bits per heavy atom. The molecule has 41 heavy (non-hydrogen) atoms. The first-order valence-electron chi connectivity index (χ1n) is 12.8. The fraction of sp³-hybridized carbons (Fsp3) is 0.161. The summed E-state index contributed by atoms with van der Waals surface area (Å²) in [5.74, 6) is -0.857. The van der Waals surface area contributed by atoms with Crippen molar-refractivity contribution in [3.05, 3.63) is 100 Å². The summed E-state index contributed by atoms with van der Waals surface area (Å²) < 4.78 is 16.6. The number of aromatic amines is 1. The number of nitrogens with zero attached hydrogens (tertiary/aromatic N) is 1. The molecule has 0 unspecified atom stereocenters. The molecule has 0 aliphatic rings. The van der Waals surface area contributed by atoms with Crippen molar-refractivity contribution in [2.75, 3.05) is 26.4 Å². The van der Waals surface area contributed by atoms with Gasteiger partial charge < -0.3 is 29.4 Å². The van der Waals surface area contributed by atoms with Crippen molar-refractivity contribution >= 4 is 40.2 Å². The predicted molar refractivity (Wildman–Crippen MR) is 158 cm³/mol. The summed E-state index contributed by atoms with van der Waals surface area (Å²) in [6.07, 6.45) is 0. The van der Waals surface area contributed by atoms with Crippen molar-refractivity contribution < 1.29 is 29.2 Å². The van der Waals surface area contributed by atoms with Crippen LogP contribution < -0.4 is 4.74 Å². The normalized spacial score (nSPS) is 11.2. The Bertz CT molecular complexity index is 1650. The number of H-pyrrole nitrogens is 1. The number of imidazole rings is 1. The minimum Gasteiger partial charge on any atom is -0.478 e. The number of halogens is 2. The highest BCUT2D eigenvalue weighted by Crippen LogP contribution is 2.34. The van der Waals surface area contributed by atoms with Gasteiger partial charge in [0.25, 0.3) is 6.01 Å². The average Bonchev–Trinajstić information content (AvgIpc) is 3.36. The van der Waals surface area contributed by atoms with E-state index in [0.717, 1.165) is 27.8 Å². The van der Waals surface area contributed by atoms with Crippen LogP contribution in [0.15, 0.2) is 78.9 Å². The summed E-state index contributed by atoms with van der Waals surface area (Å²) in [7, 11) is 0. The highest BCUT2D eigenvalue weighted by Gasteiger charge is 2.14. The molecule has 1 aromatic heterocycles. The number of nitrogens with one attached hydrogen (secondary N) is 1. The number of aliphatic hydroxyl groups excluding tert-OH is 1. The van der Waals surface area contributed by atoms with E-state index in [1.54, 1.807) is 12.1 Å². The second-order valence-corrected chi connectivity index (χ2v) is 9.92. The number of aromatic nitrogens is 2. The molecule has 0 radical (unpaired) electrons. The molecule has 0 amide bonds. The van der Waals surface area contributed by atoms with Crippen LogP contribution in [0, 0.1) is 0 Å². The maximum Gasteiger partial charge on any atom is 0.337 e. The third-order valence-electron chi connectivity index (χ3n) is 6.29. The number of carboxylic acids is 1. The van der Waals surface area contributed by atoms with Crippen molar-refractivity contribution in [2.24, 2.45) is 0 Å². The lowest BCUT2D eigenvalue weighted by molar-refractivity contribution is 0.0274. The molecule has 8 nitrogen and oxygen atoms in total. The molecule has 0 saturated heterocycles. The number of aliphatic hydroxyl groups is 1. The van der Waals surface area contributed by atoms with Crippen molar-refractivity contribution in [2.45, 2.75) is 6.61 Å². The number of ether oxygens (including phenoxy) is 3. The van der Waals surface area contributed by atoms with Gasteiger partial charge in [-0.15, -0.1) is 0 Å². The van der Waals surface area contributed by atoms with Crippen molar-refractivity contribution in [1.29, 1.82) is 0 Å². The predicted octanol–water partition coefficient (Wildman–Crippen LogP) is 7.22. The Kier molecular flexibility index (Phi) is 9.18. The first kappa shape index (κ1) is 28.6. The van der Waals surface area contributed by atoms with E-state index in [0.29, 0.717) is 42.5 Å². The number of aromatic carboxylic acids is 1. The second-order valence-electron chi connectivity index (χ2n) is 9.10. The quantitative estimate of drug-likeness (QED) is 0.131. The van der Waals surface area contributed by atoms with E-state index < -0.39 is 5.97 Å². The molecule has 10 heteroatoms. The molecule has 1 heterocycles. The Morgan fingerprint density at radius 1 is 0.805 bits per heavy atom. The van der Waals surface area contributed by atoms with Gasteiger partial charge in [0.05, 0.1) is 59.7 Å². The summed E-state index contributed by atoms with van der Waals surface area (Å²) in [5, 5.41) is 18.7. The first-order valence-corrected chi connectivity index (χ1v) is 13.5. The molecule has 0 atom stereocenters. The van der Waals surface area contributed by atoms with Gasteiger partial charge >= 0.3 is 5.97 Å². The zero-order chi connectivity index (χ0) is 28.8. The minimum absolute atomic E-state index is 0.0103. The van der Waals surface area contributed by atoms with Crippen LogP contribution in [-0.2, 0) is 16.1 Å². The van der Waals surface area contributed by atoms with E-state index in [4.69, 9.17) is 42.5 Å². The van der Waals surface area contributed by atoms with Gasteiger partial charge in [-0.1, -0.05) is 71.7 Å². The fourth-order valence-corrected chi connectivity index (χ4v) is 4.70. The van der Waals surface area contributed by atoms with E-state index in [2.05, 4.69) is 22.1 Å². The summed E-state index contributed by atoms with van der Waals surface area (Å²) >= 11 is 12.6. The summed E-state index contributed by atoms with van der Waals surface area (Å²) in [6.45, 7) is 1.75. The Morgan fingerprint density at radius 3 is 2.20 bits per heavy atom. The molecule has 5 rings (SSSR count). The number of hydrogen-bond donors (Lipinski definition) is 3. The van der Waals surface area contributed by atoms with Crippen LogP contribution in [0.1, 0.15) is 15.9 Å². The molecule has 0 fully saturated rings. The van der Waals surface area contributed by atoms with Gasteiger partial charge in [-0.05, 0) is 52.6 Å². The summed E-state index contributed by atoms with van der Waals surface area (Å²) in [4.78, 5) is 18.9. The molecule has 0 saturated carbocycles. The van der Waals surface area contributed by atoms with E-state index in [1.165, 1.54) is 12.1 Å². The van der Waals surface area contributed by atoms with Crippen LogP contribution in [0.25, 0.3) is 33.3 Å². The van der Waals surface area contributed by atoms with Crippen molar-refractivity contribution in [3.63, 3.8) is 0 Å². The van der Waals surface area contributed by atoms with Gasteiger partial charge in [-0.2, -0.15) is 4.98 Å². The van der Waals surface area contributed by atoms with Gasteiger partial charge in [0.1, 0.15) is 5.75 Å². The lowest BCUT2D eigenvalue weighted by Gasteiger charge is -2.08. The molecule has 3 N–H and O–H groups in total. The molecule has 5 aromatic rings. The van der Waals surface area contributed by atoms with Crippen LogP contribution in [0.2, 0.25) is 10.0 Å². The molecule has 4 aromatic carbocycles.